The summed E-state index contributed by atoms with van der Waals surface area (Å²) in [5.74, 6) is -1.08. The second-order valence-electron chi connectivity index (χ2n) is 1.53. The Kier molecular flexibility index (Phi) is 19.9. The van der Waals surface area contributed by atoms with Gasteiger partial charge in [-0.2, -0.15) is 0 Å². The van der Waals surface area contributed by atoms with Crippen LogP contribution in [0.4, 0.5) is 0 Å². The maximum Gasteiger partial charge on any atom is 1.00 e. The summed E-state index contributed by atoms with van der Waals surface area (Å²) in [4.78, 5) is 41.5. The largest absolute Gasteiger partial charge is 1.00 e. The summed E-state index contributed by atoms with van der Waals surface area (Å²) in [5.41, 5.74) is 0. The fraction of sp³-hybridized carbons (Fsp3) is 0.500. The molecule has 0 fully saturated rings. The van der Waals surface area contributed by atoms with E-state index in [4.69, 9.17) is 24.6 Å². The topological polar surface area (TPSA) is 167 Å². The number of carboxylic acids is 1. The van der Waals surface area contributed by atoms with E-state index >= 15 is 0 Å². The monoisotopic (exact) mass is 298 g/mol. The standard InChI is InChI=1S/C2H4O2.K.Na.H4O7P2/c1-2(3)4;;;1-8(2,3)7-9(4,5)6/h1H3,(H,3,4);;;(H2,1,2,3)(H2,4,5,6)/q;2*+1;/p-2. The molecule has 0 amide bonds. The molecule has 15 heavy (non-hydrogen) atoms. The number of phosphoric acid groups is 2. The van der Waals surface area contributed by atoms with Crippen LogP contribution in [0, 0.1) is 0 Å². The van der Waals surface area contributed by atoms with Gasteiger partial charge in [-0.15, -0.1) is 0 Å². The molecule has 1 atom stereocenters. The van der Waals surface area contributed by atoms with Gasteiger partial charge in [0.15, 0.2) is 0 Å². The Bertz CT molecular complexity index is 231. The molecule has 0 radical (unpaired) electrons. The van der Waals surface area contributed by atoms with Crippen LogP contribution in [0.25, 0.3) is 0 Å². The zero-order valence-electron chi connectivity index (χ0n) is 8.19. The van der Waals surface area contributed by atoms with Crippen LogP contribution in [0.15, 0.2) is 0 Å². The molecule has 9 nitrogen and oxygen atoms in total. The van der Waals surface area contributed by atoms with Gasteiger partial charge in [-0.25, -0.2) is 8.88 Å². The molecule has 13 heteroatoms. The third kappa shape index (κ3) is 48.3. The summed E-state index contributed by atoms with van der Waals surface area (Å²) in [6.07, 6.45) is 0. The van der Waals surface area contributed by atoms with E-state index in [-0.39, 0.29) is 80.9 Å². The summed E-state index contributed by atoms with van der Waals surface area (Å²) < 4.78 is 21.9. The van der Waals surface area contributed by atoms with Gasteiger partial charge in [0, 0.05) is 5.97 Å². The molecule has 3 N–H and O–H groups in total. The minimum atomic E-state index is -5.30. The first-order valence-electron chi connectivity index (χ1n) is 2.42. The molecule has 0 aliphatic carbocycles. The Morgan fingerprint density at radius 2 is 1.47 bits per heavy atom. The van der Waals surface area contributed by atoms with Crippen LogP contribution in [0.2, 0.25) is 0 Å². The molecule has 0 heterocycles. The normalized spacial score (nSPS) is 13.1. The molecule has 0 aromatic rings. The predicted octanol–water partition coefficient (Wildman–Crippen LogP) is -8.68. The second kappa shape index (κ2) is 11.5. The van der Waals surface area contributed by atoms with E-state index in [0.29, 0.717) is 0 Å². The molecule has 0 rings (SSSR count). The van der Waals surface area contributed by atoms with Crippen molar-refractivity contribution in [1.82, 2.24) is 0 Å². The molecule has 0 bridgehead atoms. The van der Waals surface area contributed by atoms with Gasteiger partial charge >= 0.3 is 88.8 Å². The summed E-state index contributed by atoms with van der Waals surface area (Å²) in [6, 6.07) is 0. The van der Waals surface area contributed by atoms with Crippen molar-refractivity contribution in [2.45, 2.75) is 6.92 Å². The molecule has 0 spiro atoms. The van der Waals surface area contributed by atoms with Crippen molar-refractivity contribution in [3.8, 4) is 0 Å². The summed E-state index contributed by atoms with van der Waals surface area (Å²) >= 11 is 0. The van der Waals surface area contributed by atoms with E-state index in [1.165, 1.54) is 0 Å². The average Bonchev–Trinajstić information content (AvgIpc) is 1.47. The average molecular weight is 298 g/mol. The van der Waals surface area contributed by atoms with Gasteiger partial charge in [-0.1, -0.05) is 0 Å². The second-order valence-corrected chi connectivity index (χ2v) is 4.10. The Morgan fingerprint density at radius 1 is 1.27 bits per heavy atom. The summed E-state index contributed by atoms with van der Waals surface area (Å²) in [6.45, 7) is 0.972. The van der Waals surface area contributed by atoms with E-state index in [1.807, 2.05) is 0 Å². The number of hydrogen-bond donors (Lipinski definition) is 3. The quantitative estimate of drug-likeness (QED) is 0.331. The first-order chi connectivity index (χ1) is 5.44. The van der Waals surface area contributed by atoms with Crippen molar-refractivity contribution in [3.63, 3.8) is 0 Å². The van der Waals surface area contributed by atoms with Crippen LogP contribution < -0.4 is 90.9 Å². The number of aliphatic carboxylic acids is 1. The van der Waals surface area contributed by atoms with Crippen molar-refractivity contribution in [2.75, 3.05) is 0 Å². The molecule has 0 aliphatic heterocycles. The van der Waals surface area contributed by atoms with Crippen molar-refractivity contribution in [2.24, 2.45) is 0 Å². The van der Waals surface area contributed by atoms with E-state index in [2.05, 4.69) is 4.31 Å². The zero-order valence-corrected chi connectivity index (χ0v) is 15.1. The Balaban J connectivity index is -0.0000000883. The predicted molar refractivity (Wildman–Crippen MR) is 33.6 cm³/mol. The molecule has 0 saturated heterocycles. The van der Waals surface area contributed by atoms with Gasteiger partial charge in [-0.05, 0) is 6.92 Å². The van der Waals surface area contributed by atoms with E-state index in [1.54, 1.807) is 0 Å². The van der Waals surface area contributed by atoms with Gasteiger partial charge in [0.05, 0.1) is 0 Å². The molecule has 0 aliphatic rings. The van der Waals surface area contributed by atoms with Gasteiger partial charge in [0.1, 0.15) is 0 Å². The maximum atomic E-state index is 9.59. The van der Waals surface area contributed by atoms with Gasteiger partial charge in [-0.3, -0.25) is 4.57 Å². The fourth-order valence-corrected chi connectivity index (χ4v) is 1.21. The minimum absolute atomic E-state index is 0. The number of carbonyl (C=O) groups excluding carboxylic acids is 1. The van der Waals surface area contributed by atoms with Crippen molar-refractivity contribution < 1.29 is 124 Å². The van der Waals surface area contributed by atoms with E-state index < -0.39 is 21.6 Å². The molecular weight excluding hydrogens is 292 g/mol. The third-order valence-electron chi connectivity index (χ3n) is 0.210. The first kappa shape index (κ1) is 26.0. The third-order valence-corrected chi connectivity index (χ3v) is 1.89. The number of rotatable bonds is 2. The molecule has 0 aromatic heterocycles. The van der Waals surface area contributed by atoms with E-state index in [0.717, 1.165) is 6.92 Å². The van der Waals surface area contributed by atoms with Gasteiger partial charge < -0.3 is 29.5 Å². The number of carbonyl (C=O) groups is 1. The van der Waals surface area contributed by atoms with E-state index in [9.17, 15) is 14.0 Å². The van der Waals surface area contributed by atoms with Crippen molar-refractivity contribution >= 4 is 21.6 Å². The zero-order chi connectivity index (χ0) is 11.3. The smallest absolute Gasteiger partial charge is 0.756 e. The molecule has 1 unspecified atom stereocenters. The Labute approximate surface area is 150 Å². The Morgan fingerprint density at radius 3 is 1.47 bits per heavy atom. The SMILES string of the molecule is CC(=O)[O-].O=P([O-])(O)OP(=O)(O)O.[K+].[Na+]. The van der Waals surface area contributed by atoms with Crippen LogP contribution >= 0.6 is 15.6 Å². The molecular formula is C2H6KNaO9P2. The van der Waals surface area contributed by atoms with Crippen LogP contribution in [0.3, 0.4) is 0 Å². The number of hydrogen-bond acceptors (Lipinski definition) is 6. The summed E-state index contributed by atoms with van der Waals surface area (Å²) in [5, 5.41) is 8.89. The van der Waals surface area contributed by atoms with Crippen LogP contribution in [0.1, 0.15) is 6.92 Å². The van der Waals surface area contributed by atoms with Crippen molar-refractivity contribution in [1.29, 1.82) is 0 Å². The van der Waals surface area contributed by atoms with Crippen LogP contribution in [0.5, 0.6) is 0 Å². The van der Waals surface area contributed by atoms with Crippen LogP contribution in [-0.2, 0) is 18.2 Å². The van der Waals surface area contributed by atoms with Gasteiger partial charge in [0.2, 0.25) is 0 Å². The van der Waals surface area contributed by atoms with Gasteiger partial charge in [0.25, 0.3) is 7.82 Å². The molecule has 80 valence electrons. The first-order valence-corrected chi connectivity index (χ1v) is 5.45. The maximum absolute atomic E-state index is 9.59. The summed E-state index contributed by atoms with van der Waals surface area (Å²) in [7, 11) is -10.4. The Hall–Kier alpha value is 2.37. The molecule has 0 saturated carbocycles. The van der Waals surface area contributed by atoms with Crippen LogP contribution in [-0.4, -0.2) is 20.6 Å². The molecule has 0 aromatic carbocycles. The van der Waals surface area contributed by atoms with Crippen molar-refractivity contribution in [3.05, 3.63) is 0 Å². The fourth-order valence-electron chi connectivity index (χ4n) is 0.134. The minimum Gasteiger partial charge on any atom is -0.756 e. The number of carboxylic acid groups (broad SMARTS) is 1.